The number of amides is 6. The second-order valence-corrected chi connectivity index (χ2v) is 15.8. The van der Waals surface area contributed by atoms with Gasteiger partial charge >= 0.3 is 12.1 Å². The van der Waals surface area contributed by atoms with Crippen molar-refractivity contribution in [1.82, 2.24) is 25.8 Å². The lowest BCUT2D eigenvalue weighted by molar-refractivity contribution is -0.145. The summed E-state index contributed by atoms with van der Waals surface area (Å²) in [6.07, 6.45) is 1.75. The van der Waals surface area contributed by atoms with Gasteiger partial charge in [-0.2, -0.15) is 0 Å². The van der Waals surface area contributed by atoms with Gasteiger partial charge in [0.2, 0.25) is 17.6 Å². The maximum absolute atomic E-state index is 14.2. The summed E-state index contributed by atoms with van der Waals surface area (Å²) in [5, 5.41) is 8.59. The standard InChI is InChI=1S/C31H50N6O7/c1-29(2,3)19(15-36-11-12-44-28(36)43)34-27(42)35-23(30(4,5)6)26(41)37-14-17-20(31(17,7)8)21(37)25(40)33-18(13-16-9-10-16)22(38)24(32)39/h16-21,23H,9-15H2,1-8H3,(H2,32,39)(H,33,40)(H2,34,35,42)/t17-,18?,19+,20-,21-,23+/m0/s1. The maximum atomic E-state index is 14.2. The van der Waals surface area contributed by atoms with Crippen molar-refractivity contribution in [1.29, 1.82) is 0 Å². The third-order valence-corrected chi connectivity index (χ3v) is 9.89. The molecule has 4 aliphatic rings. The van der Waals surface area contributed by atoms with Gasteiger partial charge in [-0.1, -0.05) is 68.2 Å². The van der Waals surface area contributed by atoms with Gasteiger partial charge in [0.1, 0.15) is 18.7 Å². The fourth-order valence-corrected chi connectivity index (χ4v) is 6.65. The highest BCUT2D eigenvalue weighted by molar-refractivity contribution is 6.37. The quantitative estimate of drug-likeness (QED) is 0.253. The first-order chi connectivity index (χ1) is 20.2. The molecule has 0 spiro atoms. The van der Waals surface area contributed by atoms with E-state index in [1.807, 2.05) is 41.5 Å². The Labute approximate surface area is 259 Å². The molecule has 0 radical (unpaired) electrons. The van der Waals surface area contributed by atoms with Crippen LogP contribution in [-0.2, 0) is 23.9 Å². The zero-order valence-corrected chi connectivity index (χ0v) is 27.3. The lowest BCUT2D eigenvalue weighted by atomic mass is 9.85. The highest BCUT2D eigenvalue weighted by Gasteiger charge is 2.70. The van der Waals surface area contributed by atoms with Gasteiger partial charge in [-0.05, 0) is 40.4 Å². The van der Waals surface area contributed by atoms with E-state index >= 15 is 0 Å². The second-order valence-electron chi connectivity index (χ2n) is 15.8. The Hall–Kier alpha value is -3.38. The first-order valence-electron chi connectivity index (χ1n) is 15.7. The Morgan fingerprint density at radius 1 is 1.00 bits per heavy atom. The van der Waals surface area contributed by atoms with Crippen LogP contribution in [0.3, 0.4) is 0 Å². The van der Waals surface area contributed by atoms with Gasteiger partial charge in [-0.15, -0.1) is 0 Å². The molecule has 4 fully saturated rings. The number of fused-ring (bicyclic) bond motifs is 1. The first kappa shape index (κ1) is 33.5. The molecule has 13 nitrogen and oxygen atoms in total. The van der Waals surface area contributed by atoms with Crippen LogP contribution in [0.25, 0.3) is 0 Å². The molecule has 2 aliphatic heterocycles. The average molecular weight is 619 g/mol. The number of piperidine rings is 1. The number of likely N-dealkylation sites (tertiary alicyclic amines) is 1. The molecule has 0 bridgehead atoms. The summed E-state index contributed by atoms with van der Waals surface area (Å²) in [5.74, 6) is -2.62. The second kappa shape index (κ2) is 11.8. The minimum atomic E-state index is -1.10. The average Bonchev–Trinajstić information content (AvgIpc) is 3.66. The smallest absolute Gasteiger partial charge is 0.410 e. The van der Waals surface area contributed by atoms with E-state index in [2.05, 4.69) is 29.8 Å². The minimum Gasteiger partial charge on any atom is -0.448 e. The number of ketones is 1. The lowest BCUT2D eigenvalue weighted by Gasteiger charge is -2.39. The maximum Gasteiger partial charge on any atom is 0.410 e. The van der Waals surface area contributed by atoms with Gasteiger partial charge in [-0.25, -0.2) is 9.59 Å². The molecular weight excluding hydrogens is 568 g/mol. The summed E-state index contributed by atoms with van der Waals surface area (Å²) < 4.78 is 5.04. The van der Waals surface area contributed by atoms with Crippen LogP contribution in [0.1, 0.15) is 74.7 Å². The van der Waals surface area contributed by atoms with E-state index in [-0.39, 0.29) is 29.7 Å². The Balaban J connectivity index is 1.51. The van der Waals surface area contributed by atoms with Crippen LogP contribution in [0.4, 0.5) is 9.59 Å². The molecule has 0 aromatic rings. The molecule has 2 heterocycles. The Bertz CT molecular complexity index is 1200. The molecule has 6 atom stereocenters. The van der Waals surface area contributed by atoms with E-state index in [1.165, 1.54) is 4.90 Å². The van der Waals surface area contributed by atoms with Crippen LogP contribution >= 0.6 is 0 Å². The zero-order chi connectivity index (χ0) is 32.9. The van der Waals surface area contributed by atoms with E-state index in [0.717, 1.165) is 12.8 Å². The number of nitrogens with zero attached hydrogens (tertiary/aromatic N) is 2. The number of ether oxygens (including phenoxy) is 1. The number of hydrogen-bond acceptors (Lipinski definition) is 7. The van der Waals surface area contributed by atoms with E-state index in [4.69, 9.17) is 10.5 Å². The van der Waals surface area contributed by atoms with Crippen LogP contribution in [0.15, 0.2) is 0 Å². The minimum absolute atomic E-state index is 0.0795. The van der Waals surface area contributed by atoms with E-state index in [0.29, 0.717) is 26.1 Å². The van der Waals surface area contributed by atoms with Crippen molar-refractivity contribution in [3.8, 4) is 0 Å². The highest BCUT2D eigenvalue weighted by atomic mass is 16.6. The number of hydrogen-bond donors (Lipinski definition) is 4. The number of carbonyl (C=O) groups is 6. The van der Waals surface area contributed by atoms with Gasteiger partial charge in [-0.3, -0.25) is 19.2 Å². The normalized spacial score (nSPS) is 26.2. The molecular formula is C31H50N6O7. The molecule has 2 saturated carbocycles. The molecule has 0 aromatic carbocycles. The summed E-state index contributed by atoms with van der Waals surface area (Å²) in [5.41, 5.74) is 3.98. The van der Waals surface area contributed by atoms with Crippen LogP contribution in [-0.4, -0.2) is 95.8 Å². The Morgan fingerprint density at radius 2 is 1.64 bits per heavy atom. The number of urea groups is 1. The number of primary amides is 1. The summed E-state index contributed by atoms with van der Waals surface area (Å²) in [4.78, 5) is 80.9. The molecule has 5 N–H and O–H groups in total. The van der Waals surface area contributed by atoms with Gasteiger partial charge in [0.05, 0.1) is 18.6 Å². The summed E-state index contributed by atoms with van der Waals surface area (Å²) in [6, 6.07) is -3.87. The summed E-state index contributed by atoms with van der Waals surface area (Å²) in [6.45, 7) is 16.8. The molecule has 0 aromatic heterocycles. The van der Waals surface area contributed by atoms with E-state index in [9.17, 15) is 28.8 Å². The SMILES string of the molecule is CC(C)(C)[C@H](NC(=O)N[C@H](CN1CCOC1=O)C(C)(C)C)C(=O)N1C[C@H]2[C@@H]([C@H]1C(=O)NC(CC1CC1)C(=O)C(N)=O)C2(C)C. The molecule has 2 saturated heterocycles. The fourth-order valence-electron chi connectivity index (χ4n) is 6.65. The molecule has 246 valence electrons. The molecule has 1 unspecified atom stereocenters. The van der Waals surface area contributed by atoms with Crippen molar-refractivity contribution in [2.45, 2.75) is 98.8 Å². The largest absolute Gasteiger partial charge is 0.448 e. The predicted octanol–water partition coefficient (Wildman–Crippen LogP) is 1.39. The summed E-state index contributed by atoms with van der Waals surface area (Å²) in [7, 11) is 0. The lowest BCUT2D eigenvalue weighted by Crippen LogP contribution is -2.62. The number of nitrogens with one attached hydrogen (secondary N) is 3. The Kier molecular flexibility index (Phi) is 9.02. The van der Waals surface area contributed by atoms with Gasteiger partial charge in [0, 0.05) is 13.1 Å². The number of rotatable bonds is 11. The number of cyclic esters (lactones) is 1. The van der Waals surface area contributed by atoms with Gasteiger partial charge in [0.15, 0.2) is 0 Å². The van der Waals surface area contributed by atoms with Crippen molar-refractivity contribution < 1.29 is 33.5 Å². The van der Waals surface area contributed by atoms with Crippen LogP contribution < -0.4 is 21.7 Å². The van der Waals surface area contributed by atoms with E-state index in [1.54, 1.807) is 4.90 Å². The monoisotopic (exact) mass is 618 g/mol. The van der Waals surface area contributed by atoms with Crippen LogP contribution in [0, 0.1) is 34.0 Å². The van der Waals surface area contributed by atoms with Crippen LogP contribution in [0.5, 0.6) is 0 Å². The molecule has 2 aliphatic carbocycles. The Morgan fingerprint density at radius 3 is 2.14 bits per heavy atom. The van der Waals surface area contributed by atoms with Crippen molar-refractivity contribution >= 4 is 35.6 Å². The fraction of sp³-hybridized carbons (Fsp3) is 0.806. The van der Waals surface area contributed by atoms with Gasteiger partial charge in [0.25, 0.3) is 5.91 Å². The third-order valence-electron chi connectivity index (χ3n) is 9.89. The molecule has 4 rings (SSSR count). The highest BCUT2D eigenvalue weighted by Crippen LogP contribution is 2.65. The zero-order valence-electron chi connectivity index (χ0n) is 27.3. The van der Waals surface area contributed by atoms with Crippen LogP contribution in [0.2, 0.25) is 0 Å². The number of Topliss-reactive ketones (excluding diaryl/α,β-unsaturated/α-hetero) is 1. The van der Waals surface area contributed by atoms with Crippen molar-refractivity contribution in [2.24, 2.45) is 39.7 Å². The predicted molar refractivity (Wildman–Crippen MR) is 161 cm³/mol. The molecule has 6 amide bonds. The number of carbonyl (C=O) groups excluding carboxylic acids is 6. The van der Waals surface area contributed by atoms with Crippen molar-refractivity contribution in [3.63, 3.8) is 0 Å². The third kappa shape index (κ3) is 7.12. The number of nitrogens with two attached hydrogens (primary N) is 1. The first-order valence-corrected chi connectivity index (χ1v) is 15.7. The topological polar surface area (TPSA) is 180 Å². The van der Waals surface area contributed by atoms with Crippen molar-refractivity contribution in [3.05, 3.63) is 0 Å². The molecule has 13 heteroatoms. The van der Waals surface area contributed by atoms with E-state index < -0.39 is 70.6 Å². The van der Waals surface area contributed by atoms with Crippen molar-refractivity contribution in [2.75, 3.05) is 26.2 Å². The molecule has 44 heavy (non-hydrogen) atoms. The van der Waals surface area contributed by atoms with Gasteiger partial charge < -0.3 is 36.2 Å². The summed E-state index contributed by atoms with van der Waals surface area (Å²) >= 11 is 0.